The van der Waals surface area contributed by atoms with Gasteiger partial charge in [-0.1, -0.05) is 66.9 Å². The summed E-state index contributed by atoms with van der Waals surface area (Å²) in [5.74, 6) is -0.108. The van der Waals surface area contributed by atoms with Crippen molar-refractivity contribution < 1.29 is 19.7 Å². The van der Waals surface area contributed by atoms with E-state index < -0.39 is 17.2 Å². The predicted octanol–water partition coefficient (Wildman–Crippen LogP) is 7.46. The summed E-state index contributed by atoms with van der Waals surface area (Å²) in [6.45, 7) is 12.3. The zero-order chi connectivity index (χ0) is 25.5. The summed E-state index contributed by atoms with van der Waals surface area (Å²) in [6.07, 6.45) is 5.44. The number of rotatable bonds is 0. The van der Waals surface area contributed by atoms with E-state index in [1.54, 1.807) is 18.2 Å². The molecule has 1 fully saturated rings. The highest BCUT2D eigenvalue weighted by molar-refractivity contribution is 9.10. The van der Waals surface area contributed by atoms with E-state index in [9.17, 15) is 15.0 Å². The van der Waals surface area contributed by atoms with Gasteiger partial charge in [-0.05, 0) is 101 Å². The standard InChI is InChI=1S/C27H37Br3O4/c1-16-6-9-22(29)26(4)12-10-23(30)27(5,33)13-11-21(28)25(2,3)34-24(32)17-7-8-20(31)18(14-17)15-19(16)26/h7-8,14,19,21-23,31,33H,1,6,9-13,15H2,2-5H3/t19-,21+,22+,23-,26+,27+/m1/s1. The number of aromatic hydroxyl groups is 1. The number of hydrogen-bond acceptors (Lipinski definition) is 4. The fourth-order valence-electron chi connectivity index (χ4n) is 5.34. The maximum absolute atomic E-state index is 13.1. The Morgan fingerprint density at radius 3 is 2.32 bits per heavy atom. The zero-order valence-electron chi connectivity index (χ0n) is 20.5. The van der Waals surface area contributed by atoms with E-state index in [0.29, 0.717) is 29.7 Å². The first-order valence-corrected chi connectivity index (χ1v) is 14.8. The average Bonchev–Trinajstić information content (AvgIpc) is 2.76. The summed E-state index contributed by atoms with van der Waals surface area (Å²) >= 11 is 11.5. The van der Waals surface area contributed by atoms with Gasteiger partial charge in [-0.3, -0.25) is 0 Å². The monoisotopic (exact) mass is 662 g/mol. The molecule has 0 amide bonds. The van der Waals surface area contributed by atoms with Crippen molar-refractivity contribution in [3.05, 3.63) is 41.5 Å². The van der Waals surface area contributed by atoms with Crippen molar-refractivity contribution in [1.82, 2.24) is 0 Å². The molecule has 0 saturated heterocycles. The van der Waals surface area contributed by atoms with Crippen molar-refractivity contribution in [2.24, 2.45) is 11.3 Å². The fraction of sp³-hybridized carbons (Fsp3) is 0.667. The van der Waals surface area contributed by atoms with Gasteiger partial charge in [-0.25, -0.2) is 4.79 Å². The van der Waals surface area contributed by atoms with Crippen LogP contribution in [0, 0.1) is 11.3 Å². The minimum atomic E-state index is -0.912. The maximum Gasteiger partial charge on any atom is 0.338 e. The first-order chi connectivity index (χ1) is 15.7. The zero-order valence-corrected chi connectivity index (χ0v) is 25.3. The number of halogens is 3. The molecule has 0 spiro atoms. The van der Waals surface area contributed by atoms with Crippen LogP contribution in [0.4, 0.5) is 0 Å². The maximum atomic E-state index is 13.1. The number of aliphatic hydroxyl groups is 1. The lowest BCUT2D eigenvalue weighted by molar-refractivity contribution is -0.00700. The van der Waals surface area contributed by atoms with Crippen LogP contribution >= 0.6 is 47.8 Å². The number of hydrogen-bond donors (Lipinski definition) is 2. The van der Waals surface area contributed by atoms with Crippen molar-refractivity contribution in [2.45, 2.75) is 98.3 Å². The van der Waals surface area contributed by atoms with Gasteiger partial charge in [0, 0.05) is 9.65 Å². The lowest BCUT2D eigenvalue weighted by atomic mass is 9.61. The van der Waals surface area contributed by atoms with Crippen molar-refractivity contribution in [3.63, 3.8) is 0 Å². The number of esters is 1. The molecule has 7 heteroatoms. The minimum absolute atomic E-state index is 0.0811. The number of fused-ring (bicyclic) bond motifs is 3. The summed E-state index contributed by atoms with van der Waals surface area (Å²) in [5, 5.41) is 22.0. The van der Waals surface area contributed by atoms with E-state index in [0.717, 1.165) is 31.2 Å². The van der Waals surface area contributed by atoms with Crippen molar-refractivity contribution in [2.75, 3.05) is 0 Å². The topological polar surface area (TPSA) is 66.8 Å². The molecule has 34 heavy (non-hydrogen) atoms. The number of ether oxygens (including phenoxy) is 1. The summed E-state index contributed by atoms with van der Waals surface area (Å²) < 4.78 is 5.90. The Morgan fingerprint density at radius 1 is 1.00 bits per heavy atom. The van der Waals surface area contributed by atoms with Crippen molar-refractivity contribution >= 4 is 53.8 Å². The Bertz CT molecular complexity index is 928. The highest BCUT2D eigenvalue weighted by Crippen LogP contribution is 2.52. The third kappa shape index (κ3) is 5.95. The summed E-state index contributed by atoms with van der Waals surface area (Å²) in [4.78, 5) is 13.2. The van der Waals surface area contributed by atoms with Gasteiger partial charge in [0.05, 0.1) is 16.0 Å². The van der Waals surface area contributed by atoms with E-state index in [1.807, 2.05) is 20.8 Å². The number of alkyl halides is 3. The number of carbonyl (C=O) groups is 1. The molecule has 0 unspecified atom stereocenters. The van der Waals surface area contributed by atoms with Crippen LogP contribution in [-0.4, -0.2) is 41.9 Å². The quantitative estimate of drug-likeness (QED) is 0.172. The lowest BCUT2D eigenvalue weighted by Gasteiger charge is -2.48. The summed E-state index contributed by atoms with van der Waals surface area (Å²) in [7, 11) is 0. The van der Waals surface area contributed by atoms with E-state index in [-0.39, 0.29) is 26.7 Å². The molecule has 2 N–H and O–H groups in total. The first-order valence-electron chi connectivity index (χ1n) is 12.0. The van der Waals surface area contributed by atoms with Crippen LogP contribution in [0.5, 0.6) is 5.75 Å². The van der Waals surface area contributed by atoms with Crippen LogP contribution in [-0.2, 0) is 11.2 Å². The molecule has 2 bridgehead atoms. The molecule has 2 aliphatic rings. The van der Waals surface area contributed by atoms with Crippen molar-refractivity contribution in [3.8, 4) is 5.75 Å². The van der Waals surface area contributed by atoms with E-state index in [4.69, 9.17) is 4.74 Å². The van der Waals surface area contributed by atoms with Gasteiger partial charge < -0.3 is 14.9 Å². The second kappa shape index (κ2) is 10.5. The number of carbonyl (C=O) groups excluding carboxylic acids is 1. The van der Waals surface area contributed by atoms with Crippen LogP contribution in [0.25, 0.3) is 0 Å². The van der Waals surface area contributed by atoms with Crippen LogP contribution in [0.3, 0.4) is 0 Å². The fourth-order valence-corrected chi connectivity index (χ4v) is 6.90. The molecule has 1 heterocycles. The molecule has 0 radical (unpaired) electrons. The molecule has 1 saturated carbocycles. The second-order valence-electron chi connectivity index (χ2n) is 11.1. The van der Waals surface area contributed by atoms with Crippen LogP contribution < -0.4 is 0 Å². The van der Waals surface area contributed by atoms with E-state index >= 15 is 0 Å². The predicted molar refractivity (Wildman–Crippen MR) is 149 cm³/mol. The van der Waals surface area contributed by atoms with Gasteiger partial charge in [0.15, 0.2) is 0 Å². The normalized spacial score (nSPS) is 37.5. The Balaban J connectivity index is 2.05. The molecule has 3 rings (SSSR count). The Labute approximate surface area is 229 Å². The smallest absolute Gasteiger partial charge is 0.338 e. The SMILES string of the molecule is C=C1CC[C@H](Br)[C@@]2(C)CC[C@@H](Br)[C@@](C)(O)CC[C@H](Br)C(C)(C)OC(=O)c3ccc(O)c(c3)C[C@H]12. The first kappa shape index (κ1) is 28.2. The third-order valence-corrected chi connectivity index (χ3v) is 12.6. The average molecular weight is 665 g/mol. The molecule has 6 atom stereocenters. The van der Waals surface area contributed by atoms with Crippen LogP contribution in [0.15, 0.2) is 30.4 Å². The van der Waals surface area contributed by atoms with Gasteiger partial charge >= 0.3 is 5.97 Å². The van der Waals surface area contributed by atoms with E-state index in [2.05, 4.69) is 61.3 Å². The van der Waals surface area contributed by atoms with Gasteiger partial charge in [-0.15, -0.1) is 0 Å². The number of cyclic esters (lactones) is 1. The summed E-state index contributed by atoms with van der Waals surface area (Å²) in [5.41, 5.74) is 0.536. The number of phenols is 1. The van der Waals surface area contributed by atoms with Gasteiger partial charge in [-0.2, -0.15) is 0 Å². The molecule has 1 aromatic rings. The van der Waals surface area contributed by atoms with E-state index in [1.165, 1.54) is 5.57 Å². The molecule has 1 aromatic carbocycles. The molecule has 0 aromatic heterocycles. The molecular formula is C27H37Br3O4. The molecule has 4 nitrogen and oxygen atoms in total. The van der Waals surface area contributed by atoms with Gasteiger partial charge in [0.1, 0.15) is 11.4 Å². The van der Waals surface area contributed by atoms with Gasteiger partial charge in [0.25, 0.3) is 0 Å². The highest BCUT2D eigenvalue weighted by Gasteiger charge is 2.46. The summed E-state index contributed by atoms with van der Waals surface area (Å²) in [6, 6.07) is 4.98. The van der Waals surface area contributed by atoms with Crippen LogP contribution in [0.2, 0.25) is 0 Å². The molecule has 1 aliphatic carbocycles. The Morgan fingerprint density at radius 2 is 1.65 bits per heavy atom. The van der Waals surface area contributed by atoms with Crippen molar-refractivity contribution in [1.29, 1.82) is 0 Å². The number of benzene rings is 1. The molecule has 190 valence electrons. The minimum Gasteiger partial charge on any atom is -0.508 e. The largest absolute Gasteiger partial charge is 0.508 e. The highest BCUT2D eigenvalue weighted by atomic mass is 79.9. The third-order valence-electron chi connectivity index (χ3n) is 8.09. The molecule has 1 aliphatic heterocycles. The lowest BCUT2D eigenvalue weighted by Crippen LogP contribution is -2.44. The Kier molecular flexibility index (Phi) is 8.75. The molecular weight excluding hydrogens is 628 g/mol. The van der Waals surface area contributed by atoms with Gasteiger partial charge in [0.2, 0.25) is 0 Å². The number of phenolic OH excluding ortho intramolecular Hbond substituents is 1. The number of allylic oxidation sites excluding steroid dienone is 1. The Hall–Kier alpha value is -0.370. The second-order valence-corrected chi connectivity index (χ2v) is 14.4. The van der Waals surface area contributed by atoms with Crippen LogP contribution in [0.1, 0.15) is 82.1 Å².